The van der Waals surface area contributed by atoms with Crippen molar-refractivity contribution in [2.75, 3.05) is 6.54 Å². The van der Waals surface area contributed by atoms with Crippen molar-refractivity contribution >= 4 is 17.9 Å². The van der Waals surface area contributed by atoms with Crippen LogP contribution in [-0.4, -0.2) is 28.1 Å². The number of rotatable bonds is 7. The van der Waals surface area contributed by atoms with Crippen molar-refractivity contribution in [3.63, 3.8) is 0 Å². The Morgan fingerprint density at radius 3 is 2.41 bits per heavy atom. The number of aryl methyl sites for hydroxylation is 2. The van der Waals surface area contributed by atoms with Crippen molar-refractivity contribution in [2.45, 2.75) is 41.2 Å². The van der Waals surface area contributed by atoms with Gasteiger partial charge in [0.1, 0.15) is 0 Å². The molecule has 0 atom stereocenters. The van der Waals surface area contributed by atoms with E-state index in [9.17, 15) is 9.59 Å². The Kier molecular flexibility index (Phi) is 6.20. The molecule has 0 aliphatic rings. The second-order valence-electron chi connectivity index (χ2n) is 7.53. The maximum absolute atomic E-state index is 12.1. The second-order valence-corrected chi connectivity index (χ2v) is 7.53. The van der Waals surface area contributed by atoms with Crippen LogP contribution in [0.15, 0.2) is 30.3 Å². The van der Waals surface area contributed by atoms with Gasteiger partial charge in [-0.3, -0.25) is 14.3 Å². The summed E-state index contributed by atoms with van der Waals surface area (Å²) in [5.74, 6) is -0.717. The van der Waals surface area contributed by atoms with Crippen LogP contribution >= 0.6 is 0 Å². The monoisotopic (exact) mass is 368 g/mol. The Bertz CT molecular complexity index is 861. The molecule has 3 N–H and O–H groups in total. The van der Waals surface area contributed by atoms with Crippen LogP contribution in [0.2, 0.25) is 0 Å². The average molecular weight is 368 g/mol. The number of nitrogens with one attached hydrogen (secondary N) is 1. The Hall–Kier alpha value is -2.89. The number of nitrogens with zero attached hydrogens (tertiary/aromatic N) is 2. The Labute approximate surface area is 160 Å². The molecule has 0 aliphatic heterocycles. The second kappa shape index (κ2) is 8.20. The van der Waals surface area contributed by atoms with Crippen molar-refractivity contribution in [2.24, 2.45) is 11.1 Å². The first-order valence-corrected chi connectivity index (χ1v) is 8.95. The average Bonchev–Trinajstić information content (AvgIpc) is 2.86. The molecular weight excluding hydrogens is 340 g/mol. The summed E-state index contributed by atoms with van der Waals surface area (Å²) in [6.07, 6.45) is 3.22. The van der Waals surface area contributed by atoms with Crippen LogP contribution in [0.3, 0.4) is 0 Å². The molecule has 27 heavy (non-hydrogen) atoms. The Morgan fingerprint density at radius 2 is 1.81 bits per heavy atom. The lowest BCUT2D eigenvalue weighted by molar-refractivity contribution is -0.126. The molecule has 0 spiro atoms. The van der Waals surface area contributed by atoms with E-state index >= 15 is 0 Å². The fourth-order valence-electron chi connectivity index (χ4n) is 2.59. The van der Waals surface area contributed by atoms with Crippen molar-refractivity contribution in [3.05, 3.63) is 58.4 Å². The first kappa shape index (κ1) is 20.4. The van der Waals surface area contributed by atoms with Gasteiger partial charge in [-0.05, 0) is 46.3 Å². The predicted molar refractivity (Wildman–Crippen MR) is 107 cm³/mol. The molecule has 1 aromatic carbocycles. The van der Waals surface area contributed by atoms with Crippen LogP contribution in [0.4, 0.5) is 0 Å². The van der Waals surface area contributed by atoms with E-state index < -0.39 is 11.3 Å². The number of aromatic nitrogens is 2. The van der Waals surface area contributed by atoms with E-state index in [4.69, 9.17) is 5.73 Å². The van der Waals surface area contributed by atoms with E-state index in [1.165, 1.54) is 17.2 Å². The van der Waals surface area contributed by atoms with Gasteiger partial charge in [-0.2, -0.15) is 5.10 Å². The van der Waals surface area contributed by atoms with E-state index in [0.29, 0.717) is 6.54 Å². The summed E-state index contributed by atoms with van der Waals surface area (Å²) in [6, 6.07) is 8.35. The summed E-state index contributed by atoms with van der Waals surface area (Å²) in [4.78, 5) is 23.4. The maximum Gasteiger partial charge on any atom is 0.244 e. The third-order valence-electron chi connectivity index (χ3n) is 4.66. The van der Waals surface area contributed by atoms with Gasteiger partial charge < -0.3 is 11.1 Å². The molecule has 1 aromatic heterocycles. The molecule has 1 heterocycles. The van der Waals surface area contributed by atoms with Crippen LogP contribution in [0.1, 0.15) is 41.9 Å². The minimum absolute atomic E-state index is 0.191. The Balaban J connectivity index is 2.07. The number of hydrogen-bond acceptors (Lipinski definition) is 3. The summed E-state index contributed by atoms with van der Waals surface area (Å²) in [5.41, 5.74) is 9.71. The van der Waals surface area contributed by atoms with Crippen LogP contribution in [-0.2, 0) is 16.1 Å². The normalized spacial score (nSPS) is 11.7. The van der Waals surface area contributed by atoms with Crippen LogP contribution in [0.5, 0.6) is 0 Å². The topological polar surface area (TPSA) is 90.0 Å². The van der Waals surface area contributed by atoms with Gasteiger partial charge in [0.2, 0.25) is 11.8 Å². The number of hydrogen-bond donors (Lipinski definition) is 2. The highest BCUT2D eigenvalue weighted by Crippen LogP contribution is 2.17. The summed E-state index contributed by atoms with van der Waals surface area (Å²) < 4.78 is 1.94. The zero-order valence-corrected chi connectivity index (χ0v) is 16.7. The SMILES string of the molecule is Cc1ccc(Cn2nc(C)c(C=CC(=O)NCC(C)(C)C(N)=O)c2C)cc1. The maximum atomic E-state index is 12.1. The number of amides is 2. The van der Waals surface area contributed by atoms with Gasteiger partial charge in [0.05, 0.1) is 17.7 Å². The summed E-state index contributed by atoms with van der Waals surface area (Å²) >= 11 is 0. The molecule has 0 bridgehead atoms. The lowest BCUT2D eigenvalue weighted by atomic mass is 9.93. The molecule has 2 rings (SSSR count). The Morgan fingerprint density at radius 1 is 1.19 bits per heavy atom. The standard InChI is InChI=1S/C21H28N4O2/c1-14-6-8-17(9-7-14)12-25-16(3)18(15(2)24-25)10-11-19(26)23-13-21(4,5)20(22)27/h6-11H,12-13H2,1-5H3,(H2,22,27)(H,23,26). The van der Waals surface area contributed by atoms with E-state index in [1.54, 1.807) is 19.9 Å². The molecule has 0 radical (unpaired) electrons. The molecule has 0 fully saturated rings. The van der Waals surface area contributed by atoms with Gasteiger partial charge in [0.25, 0.3) is 0 Å². The highest BCUT2D eigenvalue weighted by molar-refractivity contribution is 5.92. The quantitative estimate of drug-likeness (QED) is 0.736. The number of carbonyl (C=O) groups is 2. The van der Waals surface area contributed by atoms with Crippen LogP contribution < -0.4 is 11.1 Å². The fraction of sp³-hybridized carbons (Fsp3) is 0.381. The van der Waals surface area contributed by atoms with Crippen molar-refractivity contribution in [1.82, 2.24) is 15.1 Å². The summed E-state index contributed by atoms with van der Waals surface area (Å²) in [6.45, 7) is 10.2. The van der Waals surface area contributed by atoms with Crippen molar-refractivity contribution in [3.8, 4) is 0 Å². The van der Waals surface area contributed by atoms with Gasteiger partial charge >= 0.3 is 0 Å². The van der Waals surface area contributed by atoms with E-state index in [2.05, 4.69) is 41.6 Å². The van der Waals surface area contributed by atoms with Gasteiger partial charge in [-0.25, -0.2) is 0 Å². The minimum Gasteiger partial charge on any atom is -0.369 e. The van der Waals surface area contributed by atoms with Crippen molar-refractivity contribution < 1.29 is 9.59 Å². The highest BCUT2D eigenvalue weighted by atomic mass is 16.2. The molecule has 2 amide bonds. The molecule has 6 nitrogen and oxygen atoms in total. The third-order valence-corrected chi connectivity index (χ3v) is 4.66. The summed E-state index contributed by atoms with van der Waals surface area (Å²) in [7, 11) is 0. The smallest absolute Gasteiger partial charge is 0.244 e. The van der Waals surface area contributed by atoms with Gasteiger partial charge in [0.15, 0.2) is 0 Å². The van der Waals surface area contributed by atoms with Crippen LogP contribution in [0, 0.1) is 26.2 Å². The summed E-state index contributed by atoms with van der Waals surface area (Å²) in [5, 5.41) is 7.30. The van der Waals surface area contributed by atoms with Gasteiger partial charge in [0, 0.05) is 23.9 Å². The molecule has 2 aromatic rings. The van der Waals surface area contributed by atoms with Gasteiger partial charge in [-0.15, -0.1) is 0 Å². The number of nitrogens with two attached hydrogens (primary N) is 1. The lowest BCUT2D eigenvalue weighted by Gasteiger charge is -2.20. The van der Waals surface area contributed by atoms with Crippen molar-refractivity contribution in [1.29, 1.82) is 0 Å². The molecule has 0 saturated heterocycles. The molecular formula is C21H28N4O2. The van der Waals surface area contributed by atoms with E-state index in [0.717, 1.165) is 17.0 Å². The van der Waals surface area contributed by atoms with E-state index in [-0.39, 0.29) is 12.5 Å². The number of primary amides is 1. The predicted octanol–water partition coefficient (Wildman–Crippen LogP) is 2.50. The molecule has 0 unspecified atom stereocenters. The number of benzene rings is 1. The zero-order chi connectivity index (χ0) is 20.2. The molecule has 0 saturated carbocycles. The highest BCUT2D eigenvalue weighted by Gasteiger charge is 2.25. The molecule has 0 aliphatic carbocycles. The van der Waals surface area contributed by atoms with Crippen LogP contribution in [0.25, 0.3) is 6.08 Å². The number of carbonyl (C=O) groups excluding carboxylic acids is 2. The van der Waals surface area contributed by atoms with E-state index in [1.807, 2.05) is 18.5 Å². The fourth-order valence-corrected chi connectivity index (χ4v) is 2.59. The molecule has 6 heteroatoms. The first-order chi connectivity index (χ1) is 12.6. The largest absolute Gasteiger partial charge is 0.369 e. The lowest BCUT2D eigenvalue weighted by Crippen LogP contribution is -2.41. The minimum atomic E-state index is -0.783. The molecule has 144 valence electrons. The first-order valence-electron chi connectivity index (χ1n) is 8.95. The van der Waals surface area contributed by atoms with Gasteiger partial charge in [-0.1, -0.05) is 29.8 Å². The zero-order valence-electron chi connectivity index (χ0n) is 16.7. The third kappa shape index (κ3) is 5.29.